The van der Waals surface area contributed by atoms with Crippen LogP contribution in [0.15, 0.2) is 24.3 Å². The highest BCUT2D eigenvalue weighted by atomic mass is 16.2. The first-order chi connectivity index (χ1) is 12.8. The van der Waals surface area contributed by atoms with Crippen molar-refractivity contribution in [3.05, 3.63) is 35.4 Å². The quantitative estimate of drug-likeness (QED) is 0.840. The fourth-order valence-corrected chi connectivity index (χ4v) is 3.67. The standard InChI is InChI=1S/C21H32N4O2/c1-21(2,3)20(27)23-14-16-4-6-17(7-5-16)19(26)25-11-8-18(15-25)24-12-9-22-10-13-24/h4-7,18,22H,8-15H2,1-3H3,(H,23,27). The summed E-state index contributed by atoms with van der Waals surface area (Å²) in [6.45, 7) is 12.0. The van der Waals surface area contributed by atoms with Gasteiger partial charge in [-0.1, -0.05) is 32.9 Å². The number of amides is 2. The van der Waals surface area contributed by atoms with Gasteiger partial charge in [-0.15, -0.1) is 0 Å². The van der Waals surface area contributed by atoms with Gasteiger partial charge in [-0.25, -0.2) is 0 Å². The molecule has 2 saturated heterocycles. The number of carbonyl (C=O) groups is 2. The van der Waals surface area contributed by atoms with Gasteiger partial charge in [-0.05, 0) is 24.1 Å². The molecule has 1 aromatic rings. The maximum absolute atomic E-state index is 12.8. The van der Waals surface area contributed by atoms with E-state index in [4.69, 9.17) is 0 Å². The van der Waals surface area contributed by atoms with Crippen molar-refractivity contribution in [2.75, 3.05) is 39.3 Å². The van der Waals surface area contributed by atoms with Gasteiger partial charge in [0.2, 0.25) is 5.91 Å². The van der Waals surface area contributed by atoms with Crippen LogP contribution in [0.4, 0.5) is 0 Å². The molecule has 6 nitrogen and oxygen atoms in total. The van der Waals surface area contributed by atoms with E-state index in [1.807, 2.05) is 49.9 Å². The fraction of sp³-hybridized carbons (Fsp3) is 0.619. The molecule has 2 heterocycles. The molecular formula is C21H32N4O2. The van der Waals surface area contributed by atoms with Gasteiger partial charge in [0.25, 0.3) is 5.91 Å². The first kappa shape index (κ1) is 19.8. The number of carbonyl (C=O) groups excluding carboxylic acids is 2. The van der Waals surface area contributed by atoms with Gasteiger partial charge in [0.05, 0.1) is 0 Å². The van der Waals surface area contributed by atoms with Crippen LogP contribution in [0.5, 0.6) is 0 Å². The van der Waals surface area contributed by atoms with Crippen molar-refractivity contribution in [1.29, 1.82) is 0 Å². The Balaban J connectivity index is 1.52. The Bertz CT molecular complexity index is 660. The topological polar surface area (TPSA) is 64.7 Å². The summed E-state index contributed by atoms with van der Waals surface area (Å²) in [5.41, 5.74) is 1.33. The predicted octanol–water partition coefficient (Wildman–Crippen LogP) is 1.47. The zero-order valence-electron chi connectivity index (χ0n) is 16.8. The second kappa shape index (κ2) is 8.40. The number of benzene rings is 1. The third kappa shape index (κ3) is 5.08. The molecule has 2 N–H and O–H groups in total. The maximum Gasteiger partial charge on any atom is 0.253 e. The van der Waals surface area contributed by atoms with Crippen LogP contribution in [0.1, 0.15) is 43.1 Å². The molecule has 0 bridgehead atoms. The highest BCUT2D eigenvalue weighted by molar-refractivity contribution is 5.94. The Morgan fingerprint density at radius 2 is 1.78 bits per heavy atom. The lowest BCUT2D eigenvalue weighted by atomic mass is 9.95. The number of rotatable bonds is 4. The molecule has 6 heteroatoms. The van der Waals surface area contributed by atoms with Crippen LogP contribution in [0.25, 0.3) is 0 Å². The Kier molecular flexibility index (Phi) is 6.17. The van der Waals surface area contributed by atoms with Crippen LogP contribution >= 0.6 is 0 Å². The second-order valence-electron chi connectivity index (χ2n) is 8.61. The van der Waals surface area contributed by atoms with E-state index in [1.165, 1.54) is 0 Å². The Morgan fingerprint density at radius 1 is 1.11 bits per heavy atom. The zero-order chi connectivity index (χ0) is 19.4. The molecule has 3 rings (SSSR count). The van der Waals surface area contributed by atoms with Crippen LogP contribution in [0, 0.1) is 5.41 Å². The van der Waals surface area contributed by atoms with Crippen LogP contribution in [-0.4, -0.2) is 66.9 Å². The van der Waals surface area contributed by atoms with Gasteiger partial charge < -0.3 is 15.5 Å². The Morgan fingerprint density at radius 3 is 2.41 bits per heavy atom. The van der Waals surface area contributed by atoms with E-state index in [2.05, 4.69) is 15.5 Å². The van der Waals surface area contributed by atoms with Crippen molar-refractivity contribution >= 4 is 11.8 Å². The van der Waals surface area contributed by atoms with Crippen molar-refractivity contribution in [1.82, 2.24) is 20.4 Å². The summed E-state index contributed by atoms with van der Waals surface area (Å²) >= 11 is 0. The Hall–Kier alpha value is -1.92. The first-order valence-corrected chi connectivity index (χ1v) is 9.96. The number of hydrogen-bond acceptors (Lipinski definition) is 4. The van der Waals surface area contributed by atoms with Crippen LogP contribution in [-0.2, 0) is 11.3 Å². The SMILES string of the molecule is CC(C)(C)C(=O)NCc1ccc(C(=O)N2CCC(N3CCNCC3)C2)cc1. The minimum atomic E-state index is -0.396. The summed E-state index contributed by atoms with van der Waals surface area (Å²) in [7, 11) is 0. The normalized spacial score (nSPS) is 21.3. The van der Waals surface area contributed by atoms with E-state index in [-0.39, 0.29) is 11.8 Å². The predicted molar refractivity (Wildman–Crippen MR) is 106 cm³/mol. The largest absolute Gasteiger partial charge is 0.352 e. The van der Waals surface area contributed by atoms with Crippen LogP contribution in [0.3, 0.4) is 0 Å². The number of likely N-dealkylation sites (tertiary alicyclic amines) is 1. The third-order valence-corrected chi connectivity index (χ3v) is 5.45. The molecule has 1 aromatic carbocycles. The fourth-order valence-electron chi connectivity index (χ4n) is 3.67. The molecule has 0 spiro atoms. The molecule has 2 aliphatic heterocycles. The second-order valence-corrected chi connectivity index (χ2v) is 8.61. The van der Waals surface area contributed by atoms with Crippen molar-refractivity contribution in [2.24, 2.45) is 5.41 Å². The minimum Gasteiger partial charge on any atom is -0.352 e. The molecule has 2 amide bonds. The van der Waals surface area contributed by atoms with Gasteiger partial charge >= 0.3 is 0 Å². The van der Waals surface area contributed by atoms with Gasteiger partial charge in [-0.2, -0.15) is 0 Å². The smallest absolute Gasteiger partial charge is 0.253 e. The summed E-state index contributed by atoms with van der Waals surface area (Å²) in [5, 5.41) is 6.32. The third-order valence-electron chi connectivity index (χ3n) is 5.45. The number of piperazine rings is 1. The monoisotopic (exact) mass is 372 g/mol. The molecule has 148 valence electrons. The number of hydrogen-bond donors (Lipinski definition) is 2. The summed E-state index contributed by atoms with van der Waals surface area (Å²) in [6.07, 6.45) is 1.06. The van der Waals surface area contributed by atoms with E-state index < -0.39 is 5.41 Å². The van der Waals surface area contributed by atoms with Gasteiger partial charge in [-0.3, -0.25) is 14.5 Å². The lowest BCUT2D eigenvalue weighted by Crippen LogP contribution is -2.49. The molecule has 0 saturated carbocycles. The average molecular weight is 373 g/mol. The molecule has 2 fully saturated rings. The minimum absolute atomic E-state index is 0.0266. The number of nitrogens with one attached hydrogen (secondary N) is 2. The van der Waals surface area contributed by atoms with Crippen LogP contribution < -0.4 is 10.6 Å². The summed E-state index contributed by atoms with van der Waals surface area (Å²) in [6, 6.07) is 8.10. The lowest BCUT2D eigenvalue weighted by molar-refractivity contribution is -0.128. The zero-order valence-corrected chi connectivity index (χ0v) is 16.8. The molecule has 0 aliphatic carbocycles. The summed E-state index contributed by atoms with van der Waals surface area (Å²) in [4.78, 5) is 29.3. The van der Waals surface area contributed by atoms with Gasteiger partial charge in [0.1, 0.15) is 0 Å². The molecule has 0 aromatic heterocycles. The van der Waals surface area contributed by atoms with Gasteiger partial charge in [0.15, 0.2) is 0 Å². The lowest BCUT2D eigenvalue weighted by Gasteiger charge is -2.32. The maximum atomic E-state index is 12.8. The van der Waals surface area contributed by atoms with E-state index in [9.17, 15) is 9.59 Å². The summed E-state index contributed by atoms with van der Waals surface area (Å²) in [5.74, 6) is 0.136. The molecule has 0 radical (unpaired) electrons. The first-order valence-electron chi connectivity index (χ1n) is 9.96. The van der Waals surface area contributed by atoms with E-state index in [1.54, 1.807) is 0 Å². The highest BCUT2D eigenvalue weighted by Gasteiger charge is 2.31. The van der Waals surface area contributed by atoms with Crippen molar-refractivity contribution in [2.45, 2.75) is 39.8 Å². The molecule has 1 atom stereocenters. The molecule has 1 unspecified atom stereocenters. The Labute approximate surface area is 162 Å². The van der Waals surface area contributed by atoms with E-state index in [0.717, 1.165) is 56.8 Å². The van der Waals surface area contributed by atoms with Crippen LogP contribution in [0.2, 0.25) is 0 Å². The van der Waals surface area contributed by atoms with E-state index in [0.29, 0.717) is 12.6 Å². The molecular weight excluding hydrogens is 340 g/mol. The average Bonchev–Trinajstić information content (AvgIpc) is 3.16. The van der Waals surface area contributed by atoms with Crippen molar-refractivity contribution in [3.63, 3.8) is 0 Å². The summed E-state index contributed by atoms with van der Waals surface area (Å²) < 4.78 is 0. The highest BCUT2D eigenvalue weighted by Crippen LogP contribution is 2.19. The number of nitrogens with zero attached hydrogens (tertiary/aromatic N) is 2. The van der Waals surface area contributed by atoms with Crippen molar-refractivity contribution < 1.29 is 9.59 Å². The van der Waals surface area contributed by atoms with E-state index >= 15 is 0 Å². The van der Waals surface area contributed by atoms with Gasteiger partial charge in [0, 0.05) is 62.8 Å². The van der Waals surface area contributed by atoms with Crippen molar-refractivity contribution in [3.8, 4) is 0 Å². The molecule has 27 heavy (non-hydrogen) atoms. The molecule has 2 aliphatic rings.